The number of nitrogens with zero attached hydrogens (tertiary/aromatic N) is 2. The van der Waals surface area contributed by atoms with Gasteiger partial charge in [-0.25, -0.2) is 9.97 Å². The van der Waals surface area contributed by atoms with E-state index in [4.69, 9.17) is 0 Å². The van der Waals surface area contributed by atoms with Gasteiger partial charge < -0.3 is 4.98 Å². The number of hydrogen-bond acceptors (Lipinski definition) is 3. The molecule has 0 aliphatic carbocycles. The molecule has 1 N–H and O–H groups in total. The van der Waals surface area contributed by atoms with Crippen molar-refractivity contribution in [3.63, 3.8) is 0 Å². The highest BCUT2D eigenvalue weighted by Gasteiger charge is 2.00. The Hall–Kier alpha value is -1.71. The zero-order valence-electron chi connectivity index (χ0n) is 6.53. The summed E-state index contributed by atoms with van der Waals surface area (Å²) in [6.07, 6.45) is 4.61. The molecule has 60 valence electrons. The lowest BCUT2D eigenvalue weighted by atomic mass is 10.2. The van der Waals surface area contributed by atoms with Gasteiger partial charge in [-0.15, -0.1) is 0 Å². The van der Waals surface area contributed by atoms with E-state index in [1.165, 1.54) is 12.5 Å². The van der Waals surface area contributed by atoms with Crippen LogP contribution in [-0.4, -0.2) is 15.0 Å². The zero-order chi connectivity index (χ0) is 8.55. The summed E-state index contributed by atoms with van der Waals surface area (Å²) < 4.78 is 0. The summed E-state index contributed by atoms with van der Waals surface area (Å²) in [5.41, 5.74) is 1.52. The Kier molecular flexibility index (Phi) is 1.40. The highest BCUT2D eigenvalue weighted by molar-refractivity contribution is 5.78. The van der Waals surface area contributed by atoms with Gasteiger partial charge in [0.1, 0.15) is 6.33 Å². The molecule has 0 atom stereocenters. The van der Waals surface area contributed by atoms with E-state index < -0.39 is 0 Å². The molecule has 0 aliphatic rings. The van der Waals surface area contributed by atoms with Crippen LogP contribution in [0, 0.1) is 6.92 Å². The summed E-state index contributed by atoms with van der Waals surface area (Å²) in [6, 6.07) is 0. The maximum Gasteiger partial charge on any atom is 0.258 e. The maximum atomic E-state index is 11.2. The Balaban J connectivity index is 3.05. The van der Waals surface area contributed by atoms with Gasteiger partial charge in [0.15, 0.2) is 0 Å². The van der Waals surface area contributed by atoms with E-state index in [0.717, 1.165) is 5.56 Å². The maximum absolute atomic E-state index is 11.2. The van der Waals surface area contributed by atoms with Crippen LogP contribution < -0.4 is 5.56 Å². The predicted molar refractivity (Wildman–Crippen MR) is 44.9 cm³/mol. The second kappa shape index (κ2) is 2.41. The van der Waals surface area contributed by atoms with Gasteiger partial charge in [0, 0.05) is 12.4 Å². The number of aromatic nitrogens is 3. The molecule has 2 rings (SSSR count). The van der Waals surface area contributed by atoms with Crippen LogP contribution in [0.1, 0.15) is 5.56 Å². The van der Waals surface area contributed by atoms with Gasteiger partial charge >= 0.3 is 0 Å². The van der Waals surface area contributed by atoms with Crippen molar-refractivity contribution in [2.75, 3.05) is 0 Å². The molecule has 2 heterocycles. The molecule has 12 heavy (non-hydrogen) atoms. The van der Waals surface area contributed by atoms with E-state index in [2.05, 4.69) is 15.0 Å². The highest BCUT2D eigenvalue weighted by Crippen LogP contribution is 2.07. The van der Waals surface area contributed by atoms with Crippen molar-refractivity contribution in [3.8, 4) is 0 Å². The minimum Gasteiger partial charge on any atom is -0.328 e. The second-order valence-electron chi connectivity index (χ2n) is 2.59. The van der Waals surface area contributed by atoms with Gasteiger partial charge in [0.25, 0.3) is 5.56 Å². The van der Waals surface area contributed by atoms with E-state index in [9.17, 15) is 4.79 Å². The van der Waals surface area contributed by atoms with Crippen LogP contribution in [-0.2, 0) is 0 Å². The van der Waals surface area contributed by atoms with E-state index in [1.54, 1.807) is 6.20 Å². The largest absolute Gasteiger partial charge is 0.328 e. The van der Waals surface area contributed by atoms with Crippen molar-refractivity contribution >= 4 is 10.9 Å². The third-order valence-corrected chi connectivity index (χ3v) is 1.75. The standard InChI is InChI=1S/C8H7N3O/c1-5-2-10-8(12)6-3-9-4-11-7(5)6/h2-4H,1H3,(H,10,12). The SMILES string of the molecule is Cc1c[nH]c(=O)c2cncnc12. The molecule has 0 aliphatic heterocycles. The monoisotopic (exact) mass is 161 g/mol. The Labute approximate surface area is 68.3 Å². The zero-order valence-corrected chi connectivity index (χ0v) is 6.53. The number of H-pyrrole nitrogens is 1. The average molecular weight is 161 g/mol. The minimum absolute atomic E-state index is 0.142. The van der Waals surface area contributed by atoms with Crippen LogP contribution >= 0.6 is 0 Å². The van der Waals surface area contributed by atoms with Crippen LogP contribution in [0.3, 0.4) is 0 Å². The van der Waals surface area contributed by atoms with Crippen molar-refractivity contribution in [2.45, 2.75) is 6.92 Å². The number of fused-ring (bicyclic) bond motifs is 1. The number of pyridine rings is 1. The lowest BCUT2D eigenvalue weighted by Crippen LogP contribution is -2.07. The summed E-state index contributed by atoms with van der Waals surface area (Å²) in [5.74, 6) is 0. The molecule has 0 bridgehead atoms. The number of nitrogens with one attached hydrogen (secondary N) is 1. The summed E-state index contributed by atoms with van der Waals surface area (Å²) in [5, 5.41) is 0.539. The average Bonchev–Trinajstić information content (AvgIpc) is 2.12. The third kappa shape index (κ3) is 0.887. The molecule has 0 saturated carbocycles. The molecule has 2 aromatic rings. The summed E-state index contributed by atoms with van der Waals surface area (Å²) in [4.78, 5) is 21.6. The van der Waals surface area contributed by atoms with Gasteiger partial charge in [-0.1, -0.05) is 0 Å². The van der Waals surface area contributed by atoms with Gasteiger partial charge in [-0.05, 0) is 12.5 Å². The van der Waals surface area contributed by atoms with E-state index in [-0.39, 0.29) is 5.56 Å². The van der Waals surface area contributed by atoms with Crippen molar-refractivity contribution in [1.29, 1.82) is 0 Å². The van der Waals surface area contributed by atoms with Gasteiger partial charge in [0.05, 0.1) is 10.9 Å². The third-order valence-electron chi connectivity index (χ3n) is 1.75. The predicted octanol–water partition coefficient (Wildman–Crippen LogP) is 0.627. The van der Waals surface area contributed by atoms with Crippen molar-refractivity contribution < 1.29 is 0 Å². The van der Waals surface area contributed by atoms with Crippen molar-refractivity contribution in [3.05, 3.63) is 34.6 Å². The first-order valence-electron chi connectivity index (χ1n) is 3.57. The Morgan fingerprint density at radius 2 is 2.33 bits per heavy atom. The van der Waals surface area contributed by atoms with Crippen LogP contribution in [0.25, 0.3) is 10.9 Å². The molecule has 2 aromatic heterocycles. The molecular formula is C8H7N3O. The summed E-state index contributed by atoms with van der Waals surface area (Å²) >= 11 is 0. The molecule has 0 radical (unpaired) electrons. The molecule has 4 nitrogen and oxygen atoms in total. The van der Waals surface area contributed by atoms with Crippen molar-refractivity contribution in [2.24, 2.45) is 0 Å². The fraction of sp³-hybridized carbons (Fsp3) is 0.125. The smallest absolute Gasteiger partial charge is 0.258 e. The Bertz CT molecular complexity index is 475. The normalized spacial score (nSPS) is 10.4. The molecule has 0 unspecified atom stereocenters. The topological polar surface area (TPSA) is 58.6 Å². The van der Waals surface area contributed by atoms with E-state index in [0.29, 0.717) is 10.9 Å². The number of hydrogen-bond donors (Lipinski definition) is 1. The number of aromatic amines is 1. The van der Waals surface area contributed by atoms with Gasteiger partial charge in [-0.3, -0.25) is 4.79 Å². The quantitative estimate of drug-likeness (QED) is 0.616. The van der Waals surface area contributed by atoms with Crippen LogP contribution in [0.2, 0.25) is 0 Å². The molecule has 0 aromatic carbocycles. The molecule has 4 heteroatoms. The first kappa shape index (κ1) is 6.97. The fourth-order valence-electron chi connectivity index (χ4n) is 1.13. The lowest BCUT2D eigenvalue weighted by molar-refractivity contribution is 1.16. The molecule has 0 saturated heterocycles. The molecule has 0 spiro atoms. The highest BCUT2D eigenvalue weighted by atomic mass is 16.1. The second-order valence-corrected chi connectivity index (χ2v) is 2.59. The van der Waals surface area contributed by atoms with E-state index >= 15 is 0 Å². The van der Waals surface area contributed by atoms with Crippen molar-refractivity contribution in [1.82, 2.24) is 15.0 Å². The Morgan fingerprint density at radius 3 is 3.08 bits per heavy atom. The minimum atomic E-state index is -0.142. The van der Waals surface area contributed by atoms with Gasteiger partial charge in [0.2, 0.25) is 0 Å². The number of rotatable bonds is 0. The van der Waals surface area contributed by atoms with Gasteiger partial charge in [-0.2, -0.15) is 0 Å². The van der Waals surface area contributed by atoms with Crippen LogP contribution in [0.4, 0.5) is 0 Å². The molecule has 0 amide bonds. The summed E-state index contributed by atoms with van der Waals surface area (Å²) in [7, 11) is 0. The van der Waals surface area contributed by atoms with E-state index in [1.807, 2.05) is 6.92 Å². The number of aryl methyl sites for hydroxylation is 1. The lowest BCUT2D eigenvalue weighted by Gasteiger charge is -1.96. The first-order valence-corrected chi connectivity index (χ1v) is 3.57. The first-order chi connectivity index (χ1) is 5.79. The molecule has 0 fully saturated rings. The van der Waals surface area contributed by atoms with Crippen LogP contribution in [0.5, 0.6) is 0 Å². The molecular weight excluding hydrogens is 154 g/mol. The summed E-state index contributed by atoms with van der Waals surface area (Å²) in [6.45, 7) is 1.89. The Morgan fingerprint density at radius 1 is 1.50 bits per heavy atom. The fourth-order valence-corrected chi connectivity index (χ4v) is 1.13. The van der Waals surface area contributed by atoms with Crippen LogP contribution in [0.15, 0.2) is 23.5 Å².